The molecule has 0 radical (unpaired) electrons. The third-order valence-electron chi connectivity index (χ3n) is 6.16. The number of carbonyl (C=O) groups is 1. The van der Waals surface area contributed by atoms with Gasteiger partial charge in [0.2, 0.25) is 0 Å². The summed E-state index contributed by atoms with van der Waals surface area (Å²) in [7, 11) is 0. The van der Waals surface area contributed by atoms with Crippen molar-refractivity contribution in [3.8, 4) is 0 Å². The Morgan fingerprint density at radius 2 is 1.89 bits per heavy atom. The summed E-state index contributed by atoms with van der Waals surface area (Å²) in [5.74, 6) is 0.299. The zero-order chi connectivity index (χ0) is 20.0. The van der Waals surface area contributed by atoms with Crippen molar-refractivity contribution in [3.63, 3.8) is 0 Å². The van der Waals surface area contributed by atoms with Crippen molar-refractivity contribution < 1.29 is 39.8 Å². The van der Waals surface area contributed by atoms with E-state index in [4.69, 9.17) is 9.47 Å². The van der Waals surface area contributed by atoms with E-state index in [0.29, 0.717) is 19.3 Å². The summed E-state index contributed by atoms with van der Waals surface area (Å²) in [4.78, 5) is 12.0. The summed E-state index contributed by atoms with van der Waals surface area (Å²) in [5, 5.41) is 49.9. The van der Waals surface area contributed by atoms with Crippen molar-refractivity contribution >= 4 is 5.78 Å². The van der Waals surface area contributed by atoms with Crippen LogP contribution in [0, 0.1) is 11.3 Å². The highest BCUT2D eigenvalue weighted by molar-refractivity contribution is 5.92. The predicted octanol–water partition coefficient (Wildman–Crippen LogP) is -0.740. The van der Waals surface area contributed by atoms with Gasteiger partial charge < -0.3 is 35.0 Å². The first-order chi connectivity index (χ1) is 12.6. The molecule has 1 saturated carbocycles. The fourth-order valence-electron chi connectivity index (χ4n) is 4.63. The molecule has 0 aromatic carbocycles. The summed E-state index contributed by atoms with van der Waals surface area (Å²) >= 11 is 0. The van der Waals surface area contributed by atoms with Crippen LogP contribution >= 0.6 is 0 Å². The topological polar surface area (TPSA) is 137 Å². The van der Waals surface area contributed by atoms with Crippen molar-refractivity contribution in [2.45, 2.75) is 75.8 Å². The Morgan fingerprint density at radius 1 is 1.19 bits per heavy atom. The number of ether oxygens (including phenoxy) is 2. The van der Waals surface area contributed by atoms with Crippen molar-refractivity contribution in [1.82, 2.24) is 0 Å². The molecule has 2 fully saturated rings. The number of fused-ring (bicyclic) bond motifs is 1. The summed E-state index contributed by atoms with van der Waals surface area (Å²) in [6.45, 7) is 3.43. The minimum atomic E-state index is -1.52. The molecule has 0 spiro atoms. The van der Waals surface area contributed by atoms with Gasteiger partial charge in [0.15, 0.2) is 12.1 Å². The van der Waals surface area contributed by atoms with Gasteiger partial charge in [-0.3, -0.25) is 4.79 Å². The highest BCUT2D eigenvalue weighted by atomic mass is 16.7. The molecule has 27 heavy (non-hydrogen) atoms. The molecule has 1 aliphatic heterocycles. The zero-order valence-electron chi connectivity index (χ0n) is 15.7. The van der Waals surface area contributed by atoms with Crippen molar-refractivity contribution in [1.29, 1.82) is 0 Å². The molecular formula is C19H30O8. The Kier molecular flexibility index (Phi) is 5.80. The predicted molar refractivity (Wildman–Crippen MR) is 93.5 cm³/mol. The van der Waals surface area contributed by atoms with E-state index in [9.17, 15) is 30.3 Å². The van der Waals surface area contributed by atoms with Gasteiger partial charge in [-0.15, -0.1) is 0 Å². The third-order valence-corrected chi connectivity index (χ3v) is 6.16. The van der Waals surface area contributed by atoms with Crippen LogP contribution in [-0.4, -0.2) is 80.8 Å². The SMILES string of the molecule is CC1(C)CC(=O)C=C2C[C@@](O)(CO[C@@H]3O[C@H](CO)[C@@H](O)[C@H](O)[C@H]3O)CC[C@@H]21. The second-order valence-electron chi connectivity index (χ2n) is 8.85. The van der Waals surface area contributed by atoms with E-state index < -0.39 is 42.9 Å². The monoisotopic (exact) mass is 386 g/mol. The highest BCUT2D eigenvalue weighted by Gasteiger charge is 2.47. The van der Waals surface area contributed by atoms with E-state index in [2.05, 4.69) is 13.8 Å². The van der Waals surface area contributed by atoms with Crippen LogP contribution in [0.25, 0.3) is 0 Å². The molecule has 154 valence electrons. The molecule has 5 N–H and O–H groups in total. The molecule has 0 aromatic heterocycles. The van der Waals surface area contributed by atoms with Gasteiger partial charge in [0.1, 0.15) is 24.4 Å². The highest BCUT2D eigenvalue weighted by Crippen LogP contribution is 2.49. The maximum absolute atomic E-state index is 12.0. The van der Waals surface area contributed by atoms with Gasteiger partial charge in [-0.25, -0.2) is 0 Å². The zero-order valence-corrected chi connectivity index (χ0v) is 15.7. The second-order valence-corrected chi connectivity index (χ2v) is 8.85. The van der Waals surface area contributed by atoms with E-state index in [1.165, 1.54) is 0 Å². The molecule has 2 aliphatic carbocycles. The van der Waals surface area contributed by atoms with Crippen LogP contribution < -0.4 is 0 Å². The van der Waals surface area contributed by atoms with Gasteiger partial charge in [0.05, 0.1) is 18.8 Å². The lowest BCUT2D eigenvalue weighted by molar-refractivity contribution is -0.309. The van der Waals surface area contributed by atoms with Crippen LogP contribution in [-0.2, 0) is 14.3 Å². The van der Waals surface area contributed by atoms with Crippen LogP contribution in [0.15, 0.2) is 11.6 Å². The van der Waals surface area contributed by atoms with Crippen LogP contribution in [0.1, 0.15) is 39.5 Å². The number of ketones is 1. The van der Waals surface area contributed by atoms with E-state index in [0.717, 1.165) is 12.0 Å². The minimum Gasteiger partial charge on any atom is -0.394 e. The molecule has 7 atom stereocenters. The molecule has 0 amide bonds. The quantitative estimate of drug-likeness (QED) is 0.426. The van der Waals surface area contributed by atoms with Gasteiger partial charge in [-0.05, 0) is 30.3 Å². The molecule has 8 heteroatoms. The molecule has 0 unspecified atom stereocenters. The molecule has 0 bridgehead atoms. The first-order valence-corrected chi connectivity index (χ1v) is 9.44. The Bertz CT molecular complexity index is 601. The first kappa shape index (κ1) is 20.9. The van der Waals surface area contributed by atoms with Gasteiger partial charge in [0, 0.05) is 12.8 Å². The van der Waals surface area contributed by atoms with E-state index in [-0.39, 0.29) is 23.7 Å². The first-order valence-electron chi connectivity index (χ1n) is 9.44. The Morgan fingerprint density at radius 3 is 2.56 bits per heavy atom. The van der Waals surface area contributed by atoms with Crippen molar-refractivity contribution in [2.24, 2.45) is 11.3 Å². The number of allylic oxidation sites excluding steroid dienone is 1. The average molecular weight is 386 g/mol. The summed E-state index contributed by atoms with van der Waals surface area (Å²) in [6, 6.07) is 0. The largest absolute Gasteiger partial charge is 0.394 e. The molecule has 0 aromatic rings. The molecule has 3 aliphatic rings. The molecule has 1 saturated heterocycles. The fourth-order valence-corrected chi connectivity index (χ4v) is 4.63. The fraction of sp³-hybridized carbons (Fsp3) is 0.842. The molecule has 8 nitrogen and oxygen atoms in total. The standard InChI is InChI=1S/C19H30O8/c1-18(2)7-11(21)5-10-6-19(25,4-3-12(10)18)9-26-17-16(24)15(23)14(22)13(8-20)27-17/h5,12-17,20,22-25H,3-4,6-9H2,1-2H3/t12-,13+,14+,15-,16+,17+,19+/m0/s1. The lowest BCUT2D eigenvalue weighted by atomic mass is 9.60. The van der Waals surface area contributed by atoms with Gasteiger partial charge >= 0.3 is 0 Å². The van der Waals surface area contributed by atoms with Crippen LogP contribution in [0.3, 0.4) is 0 Å². The number of aliphatic hydroxyl groups excluding tert-OH is 4. The normalized spacial score (nSPS) is 44.6. The average Bonchev–Trinajstić information content (AvgIpc) is 2.58. The van der Waals surface area contributed by atoms with Crippen LogP contribution in [0.2, 0.25) is 0 Å². The lowest BCUT2D eigenvalue weighted by Gasteiger charge is -2.47. The smallest absolute Gasteiger partial charge is 0.186 e. The van der Waals surface area contributed by atoms with Gasteiger partial charge in [-0.2, -0.15) is 0 Å². The van der Waals surface area contributed by atoms with Gasteiger partial charge in [-0.1, -0.05) is 19.4 Å². The number of hydrogen-bond acceptors (Lipinski definition) is 8. The summed E-state index contributed by atoms with van der Waals surface area (Å²) in [5.41, 5.74) is -0.433. The second kappa shape index (κ2) is 7.51. The number of aliphatic hydroxyl groups is 5. The third kappa shape index (κ3) is 4.12. The minimum absolute atomic E-state index is 0.0605. The van der Waals surface area contributed by atoms with Crippen LogP contribution in [0.4, 0.5) is 0 Å². The summed E-state index contributed by atoms with van der Waals surface area (Å²) < 4.78 is 10.8. The van der Waals surface area contributed by atoms with Crippen molar-refractivity contribution in [2.75, 3.05) is 13.2 Å². The summed E-state index contributed by atoms with van der Waals surface area (Å²) in [6.07, 6.45) is -3.19. The number of carbonyl (C=O) groups excluding carboxylic acids is 1. The maximum atomic E-state index is 12.0. The van der Waals surface area contributed by atoms with E-state index >= 15 is 0 Å². The lowest BCUT2D eigenvalue weighted by Crippen LogP contribution is -2.59. The number of rotatable bonds is 4. The Balaban J connectivity index is 1.65. The Labute approximate surface area is 158 Å². The molecule has 3 rings (SSSR count). The Hall–Kier alpha value is -0.870. The van der Waals surface area contributed by atoms with Crippen molar-refractivity contribution in [3.05, 3.63) is 11.6 Å². The van der Waals surface area contributed by atoms with E-state index in [1.54, 1.807) is 6.08 Å². The molecule has 1 heterocycles. The number of hydrogen-bond donors (Lipinski definition) is 5. The maximum Gasteiger partial charge on any atom is 0.186 e. The molecular weight excluding hydrogens is 356 g/mol. The van der Waals surface area contributed by atoms with Gasteiger partial charge in [0.25, 0.3) is 0 Å². The van der Waals surface area contributed by atoms with E-state index in [1.807, 2.05) is 0 Å². The van der Waals surface area contributed by atoms with Crippen LogP contribution in [0.5, 0.6) is 0 Å².